The molecule has 2 aromatic rings. The van der Waals surface area contributed by atoms with Crippen LogP contribution in [0.15, 0.2) is 29.8 Å². The van der Waals surface area contributed by atoms with E-state index in [1.165, 1.54) is 31.3 Å². The predicted octanol–water partition coefficient (Wildman–Crippen LogP) is 4.24. The molecule has 7 nitrogen and oxygen atoms in total. The van der Waals surface area contributed by atoms with Gasteiger partial charge in [0.1, 0.15) is 17.3 Å². The number of allylic oxidation sites excluding steroid dienone is 1. The largest absolute Gasteiger partial charge is 0.497 e. The van der Waals surface area contributed by atoms with Crippen molar-refractivity contribution in [3.05, 3.63) is 35.7 Å². The van der Waals surface area contributed by atoms with Gasteiger partial charge in [-0.1, -0.05) is 11.6 Å². The third-order valence-electron chi connectivity index (χ3n) is 4.52. The first-order chi connectivity index (χ1) is 13.2. The summed E-state index contributed by atoms with van der Waals surface area (Å²) in [6, 6.07) is 5.54. The fourth-order valence-corrected chi connectivity index (χ4v) is 3.11. The average molecular weight is 369 g/mol. The van der Waals surface area contributed by atoms with Crippen molar-refractivity contribution in [2.45, 2.75) is 39.0 Å². The molecule has 1 aliphatic rings. The van der Waals surface area contributed by atoms with Gasteiger partial charge in [0.2, 0.25) is 11.9 Å². The normalized spacial score (nSPS) is 13.7. The van der Waals surface area contributed by atoms with Gasteiger partial charge in [-0.2, -0.15) is 15.0 Å². The van der Waals surface area contributed by atoms with Gasteiger partial charge in [0, 0.05) is 12.6 Å². The molecular weight excluding hydrogens is 342 g/mol. The lowest BCUT2D eigenvalue weighted by Crippen LogP contribution is -2.10. The summed E-state index contributed by atoms with van der Waals surface area (Å²) in [5.41, 5.74) is 2.29. The van der Waals surface area contributed by atoms with Crippen LogP contribution in [0.4, 0.5) is 17.6 Å². The Morgan fingerprint density at radius 3 is 2.63 bits per heavy atom. The second-order valence-corrected chi connectivity index (χ2v) is 6.51. The number of aryl methyl sites for hydroxylation is 1. The van der Waals surface area contributed by atoms with Crippen LogP contribution in [0.2, 0.25) is 0 Å². The summed E-state index contributed by atoms with van der Waals surface area (Å²) in [5.74, 6) is 3.09. The predicted molar refractivity (Wildman–Crippen MR) is 107 cm³/mol. The maximum atomic E-state index is 5.42. The van der Waals surface area contributed by atoms with Gasteiger partial charge in [0.05, 0.1) is 19.9 Å². The lowest BCUT2D eigenvalue weighted by molar-refractivity contribution is 0.395. The summed E-state index contributed by atoms with van der Waals surface area (Å²) in [7, 11) is 3.24. The summed E-state index contributed by atoms with van der Waals surface area (Å²) >= 11 is 0. The van der Waals surface area contributed by atoms with Crippen molar-refractivity contribution in [1.82, 2.24) is 15.0 Å². The second kappa shape index (κ2) is 9.21. The molecule has 0 bridgehead atoms. The standard InChI is InChI=1S/C20H27N5O2/c1-14-22-19(21-12-11-15-7-5-4-6-8-15)25-20(23-14)24-17-10-9-16(26-2)13-18(17)27-3/h7,9-10,13H,4-6,8,11-12H2,1-3H3,(H2,21,22,23,24,25). The summed E-state index contributed by atoms with van der Waals surface area (Å²) in [4.78, 5) is 13.2. The Bertz CT molecular complexity index is 807. The van der Waals surface area contributed by atoms with Crippen molar-refractivity contribution in [1.29, 1.82) is 0 Å². The van der Waals surface area contributed by atoms with Crippen LogP contribution in [-0.4, -0.2) is 35.7 Å². The van der Waals surface area contributed by atoms with Crippen molar-refractivity contribution in [2.24, 2.45) is 0 Å². The first-order valence-electron chi connectivity index (χ1n) is 9.31. The first kappa shape index (κ1) is 18.9. The SMILES string of the molecule is COc1ccc(Nc2nc(C)nc(NCCC3=CCCCC3)n2)c(OC)c1. The molecule has 0 radical (unpaired) electrons. The van der Waals surface area contributed by atoms with E-state index in [2.05, 4.69) is 31.7 Å². The summed E-state index contributed by atoms with van der Waals surface area (Å²) < 4.78 is 10.6. The Morgan fingerprint density at radius 2 is 1.89 bits per heavy atom. The molecular formula is C20H27N5O2. The van der Waals surface area contributed by atoms with Crippen LogP contribution in [0.5, 0.6) is 11.5 Å². The van der Waals surface area contributed by atoms with Gasteiger partial charge in [0.25, 0.3) is 0 Å². The molecule has 0 saturated heterocycles. The number of hydrogen-bond donors (Lipinski definition) is 2. The summed E-state index contributed by atoms with van der Waals surface area (Å²) in [6.07, 6.45) is 8.43. The van der Waals surface area contributed by atoms with E-state index in [1.807, 2.05) is 25.1 Å². The minimum absolute atomic E-state index is 0.477. The molecule has 0 aliphatic heterocycles. The smallest absolute Gasteiger partial charge is 0.232 e. The Hall–Kier alpha value is -2.83. The van der Waals surface area contributed by atoms with E-state index in [0.29, 0.717) is 23.5 Å². The Morgan fingerprint density at radius 1 is 1.04 bits per heavy atom. The molecule has 0 unspecified atom stereocenters. The second-order valence-electron chi connectivity index (χ2n) is 6.51. The number of nitrogens with zero attached hydrogens (tertiary/aromatic N) is 3. The third-order valence-corrected chi connectivity index (χ3v) is 4.52. The van der Waals surface area contributed by atoms with Gasteiger partial charge < -0.3 is 20.1 Å². The molecule has 1 aromatic carbocycles. The number of methoxy groups -OCH3 is 2. The van der Waals surface area contributed by atoms with Gasteiger partial charge in [0.15, 0.2) is 0 Å². The molecule has 0 fully saturated rings. The molecule has 0 atom stereocenters. The van der Waals surface area contributed by atoms with E-state index in [-0.39, 0.29) is 0 Å². The minimum atomic E-state index is 0.477. The molecule has 0 spiro atoms. The molecule has 7 heteroatoms. The Kier molecular flexibility index (Phi) is 6.46. The molecule has 3 rings (SSSR count). The highest BCUT2D eigenvalue weighted by Gasteiger charge is 2.10. The molecule has 1 heterocycles. The van der Waals surface area contributed by atoms with Gasteiger partial charge in [-0.05, 0) is 51.2 Å². The zero-order valence-corrected chi connectivity index (χ0v) is 16.2. The zero-order chi connectivity index (χ0) is 19.1. The number of anilines is 3. The van der Waals surface area contributed by atoms with Crippen molar-refractivity contribution in [2.75, 3.05) is 31.4 Å². The van der Waals surface area contributed by atoms with Gasteiger partial charge in [-0.25, -0.2) is 0 Å². The molecule has 2 N–H and O–H groups in total. The molecule has 0 amide bonds. The number of benzene rings is 1. The maximum absolute atomic E-state index is 5.42. The van der Waals surface area contributed by atoms with E-state index >= 15 is 0 Å². The minimum Gasteiger partial charge on any atom is -0.497 e. The van der Waals surface area contributed by atoms with Crippen molar-refractivity contribution >= 4 is 17.6 Å². The van der Waals surface area contributed by atoms with Gasteiger partial charge in [-0.15, -0.1) is 0 Å². The number of rotatable bonds is 8. The molecule has 27 heavy (non-hydrogen) atoms. The van der Waals surface area contributed by atoms with E-state index in [9.17, 15) is 0 Å². The first-order valence-corrected chi connectivity index (χ1v) is 9.31. The fraction of sp³-hybridized carbons (Fsp3) is 0.450. The van der Waals surface area contributed by atoms with Crippen LogP contribution in [0.1, 0.15) is 37.9 Å². The van der Waals surface area contributed by atoms with E-state index in [4.69, 9.17) is 9.47 Å². The van der Waals surface area contributed by atoms with Crippen molar-refractivity contribution in [3.63, 3.8) is 0 Å². The lowest BCUT2D eigenvalue weighted by atomic mass is 9.97. The average Bonchev–Trinajstić information content (AvgIpc) is 2.69. The number of aromatic nitrogens is 3. The third kappa shape index (κ3) is 5.32. The Balaban J connectivity index is 1.67. The monoisotopic (exact) mass is 369 g/mol. The summed E-state index contributed by atoms with van der Waals surface area (Å²) in [5, 5.41) is 6.51. The maximum Gasteiger partial charge on any atom is 0.232 e. The van der Waals surface area contributed by atoms with E-state index in [0.717, 1.165) is 24.4 Å². The molecule has 0 saturated carbocycles. The number of ether oxygens (including phenoxy) is 2. The van der Waals surface area contributed by atoms with Crippen LogP contribution in [-0.2, 0) is 0 Å². The molecule has 144 valence electrons. The highest BCUT2D eigenvalue weighted by Crippen LogP contribution is 2.30. The lowest BCUT2D eigenvalue weighted by Gasteiger charge is -2.14. The molecule has 1 aliphatic carbocycles. The van der Waals surface area contributed by atoms with Crippen molar-refractivity contribution < 1.29 is 9.47 Å². The quantitative estimate of drug-likeness (QED) is 0.673. The van der Waals surface area contributed by atoms with Crippen LogP contribution >= 0.6 is 0 Å². The fourth-order valence-electron chi connectivity index (χ4n) is 3.11. The highest BCUT2D eigenvalue weighted by molar-refractivity contribution is 5.64. The van der Waals surface area contributed by atoms with Crippen LogP contribution < -0.4 is 20.1 Å². The van der Waals surface area contributed by atoms with Gasteiger partial charge >= 0.3 is 0 Å². The van der Waals surface area contributed by atoms with E-state index < -0.39 is 0 Å². The van der Waals surface area contributed by atoms with Gasteiger partial charge in [-0.3, -0.25) is 0 Å². The summed E-state index contributed by atoms with van der Waals surface area (Å²) in [6.45, 7) is 2.67. The van der Waals surface area contributed by atoms with Crippen molar-refractivity contribution in [3.8, 4) is 11.5 Å². The zero-order valence-electron chi connectivity index (χ0n) is 16.2. The molecule has 1 aromatic heterocycles. The number of hydrogen-bond acceptors (Lipinski definition) is 7. The topological polar surface area (TPSA) is 81.2 Å². The number of nitrogens with one attached hydrogen (secondary N) is 2. The van der Waals surface area contributed by atoms with Crippen LogP contribution in [0.25, 0.3) is 0 Å². The van der Waals surface area contributed by atoms with Crippen LogP contribution in [0, 0.1) is 6.92 Å². The highest BCUT2D eigenvalue weighted by atomic mass is 16.5. The van der Waals surface area contributed by atoms with E-state index in [1.54, 1.807) is 14.2 Å². The van der Waals surface area contributed by atoms with Crippen LogP contribution in [0.3, 0.4) is 0 Å². The Labute approximate surface area is 160 Å².